The van der Waals surface area contributed by atoms with Crippen LogP contribution >= 0.6 is 0 Å². The predicted octanol–water partition coefficient (Wildman–Crippen LogP) is 3.50. The zero-order valence-electron chi connectivity index (χ0n) is 14.9. The lowest BCUT2D eigenvalue weighted by Gasteiger charge is -2.16. The number of nitrogens with zero attached hydrogens (tertiary/aromatic N) is 2. The Kier molecular flexibility index (Phi) is 6.98. The minimum Gasteiger partial charge on any atom is -0.478 e. The Morgan fingerprint density at radius 1 is 1.15 bits per heavy atom. The minimum atomic E-state index is -4.64. The molecule has 0 bridgehead atoms. The van der Waals surface area contributed by atoms with Crippen LogP contribution in [0.5, 0.6) is 5.88 Å². The van der Waals surface area contributed by atoms with Crippen molar-refractivity contribution in [3.63, 3.8) is 0 Å². The summed E-state index contributed by atoms with van der Waals surface area (Å²) in [5, 5.41) is 5.79. The second-order valence-corrected chi connectivity index (χ2v) is 5.51. The van der Waals surface area contributed by atoms with Crippen LogP contribution < -0.4 is 15.4 Å². The summed E-state index contributed by atoms with van der Waals surface area (Å²) in [6, 6.07) is 6.12. The van der Waals surface area contributed by atoms with E-state index < -0.39 is 17.6 Å². The van der Waals surface area contributed by atoms with E-state index in [1.165, 1.54) is 7.05 Å². The second-order valence-electron chi connectivity index (χ2n) is 5.51. The third kappa shape index (κ3) is 6.12. The SMILES string of the molecule is CCOc1cc(CNC(=NC)NCc2ccc(F)cc2C(F)(F)F)ccn1. The highest BCUT2D eigenvalue weighted by atomic mass is 19.4. The number of halogens is 4. The molecular weight excluding hydrogens is 364 g/mol. The molecule has 9 heteroatoms. The van der Waals surface area contributed by atoms with Crippen LogP contribution in [-0.2, 0) is 19.3 Å². The molecule has 0 fully saturated rings. The summed E-state index contributed by atoms with van der Waals surface area (Å²) < 4.78 is 57.6. The molecule has 5 nitrogen and oxygen atoms in total. The van der Waals surface area contributed by atoms with Gasteiger partial charge in [0.25, 0.3) is 0 Å². The summed E-state index contributed by atoms with van der Waals surface area (Å²) in [5.74, 6) is -0.139. The summed E-state index contributed by atoms with van der Waals surface area (Å²) in [6.45, 7) is 2.56. The Morgan fingerprint density at radius 3 is 2.56 bits per heavy atom. The number of aromatic nitrogens is 1. The maximum absolute atomic E-state index is 13.2. The number of ether oxygens (including phenoxy) is 1. The average molecular weight is 384 g/mol. The first kappa shape index (κ1) is 20.5. The van der Waals surface area contributed by atoms with E-state index in [9.17, 15) is 17.6 Å². The second kappa shape index (κ2) is 9.20. The smallest absolute Gasteiger partial charge is 0.416 e. The molecule has 1 aromatic heterocycles. The number of pyridine rings is 1. The maximum atomic E-state index is 13.2. The highest BCUT2D eigenvalue weighted by Gasteiger charge is 2.33. The molecule has 146 valence electrons. The molecule has 0 radical (unpaired) electrons. The molecule has 0 aliphatic heterocycles. The molecule has 0 atom stereocenters. The zero-order valence-corrected chi connectivity index (χ0v) is 14.9. The lowest BCUT2D eigenvalue weighted by Crippen LogP contribution is -2.36. The van der Waals surface area contributed by atoms with E-state index in [-0.39, 0.29) is 12.1 Å². The van der Waals surface area contributed by atoms with Gasteiger partial charge in [0.1, 0.15) is 5.82 Å². The Morgan fingerprint density at radius 2 is 1.89 bits per heavy atom. The van der Waals surface area contributed by atoms with E-state index in [4.69, 9.17) is 4.74 Å². The van der Waals surface area contributed by atoms with Crippen molar-refractivity contribution in [3.8, 4) is 5.88 Å². The van der Waals surface area contributed by atoms with Crippen molar-refractivity contribution < 1.29 is 22.3 Å². The largest absolute Gasteiger partial charge is 0.478 e. The Labute approximate surface area is 154 Å². The van der Waals surface area contributed by atoms with E-state index >= 15 is 0 Å². The molecule has 0 amide bonds. The summed E-state index contributed by atoms with van der Waals surface area (Å²) >= 11 is 0. The standard InChI is InChI=1S/C18H20F4N4O/c1-3-27-16-8-12(6-7-24-16)10-25-17(23-2)26-11-13-4-5-14(19)9-15(13)18(20,21)22/h4-9H,3,10-11H2,1-2H3,(H2,23,25,26). The Balaban J connectivity index is 2.00. The van der Waals surface area contributed by atoms with Crippen LogP contribution in [0, 0.1) is 5.82 Å². The molecule has 0 spiro atoms. The quantitative estimate of drug-likeness (QED) is 0.455. The van der Waals surface area contributed by atoms with Gasteiger partial charge in [-0.15, -0.1) is 0 Å². The Bertz CT molecular complexity index is 793. The molecule has 0 unspecified atom stereocenters. The van der Waals surface area contributed by atoms with Crippen molar-refractivity contribution in [2.24, 2.45) is 4.99 Å². The highest BCUT2D eigenvalue weighted by molar-refractivity contribution is 5.79. The number of rotatable bonds is 6. The fourth-order valence-electron chi connectivity index (χ4n) is 2.34. The van der Waals surface area contributed by atoms with E-state index in [1.807, 2.05) is 6.92 Å². The fraction of sp³-hybridized carbons (Fsp3) is 0.333. The average Bonchev–Trinajstić information content (AvgIpc) is 2.62. The van der Waals surface area contributed by atoms with Gasteiger partial charge in [0, 0.05) is 32.4 Å². The number of benzene rings is 1. The zero-order chi connectivity index (χ0) is 19.9. The molecule has 0 saturated carbocycles. The van der Waals surface area contributed by atoms with Crippen molar-refractivity contribution in [2.75, 3.05) is 13.7 Å². The predicted molar refractivity (Wildman–Crippen MR) is 93.8 cm³/mol. The van der Waals surface area contributed by atoms with Crippen LogP contribution in [0.4, 0.5) is 17.6 Å². The van der Waals surface area contributed by atoms with Crippen LogP contribution in [0.3, 0.4) is 0 Å². The van der Waals surface area contributed by atoms with Crippen LogP contribution in [0.25, 0.3) is 0 Å². The monoisotopic (exact) mass is 384 g/mol. The first-order valence-electron chi connectivity index (χ1n) is 8.21. The van der Waals surface area contributed by atoms with Gasteiger partial charge in [-0.2, -0.15) is 13.2 Å². The van der Waals surface area contributed by atoms with Gasteiger partial charge in [-0.3, -0.25) is 4.99 Å². The molecule has 2 N–H and O–H groups in total. The van der Waals surface area contributed by atoms with E-state index in [1.54, 1.807) is 18.3 Å². The topological polar surface area (TPSA) is 58.5 Å². The van der Waals surface area contributed by atoms with Gasteiger partial charge >= 0.3 is 6.18 Å². The fourth-order valence-corrected chi connectivity index (χ4v) is 2.34. The third-order valence-electron chi connectivity index (χ3n) is 3.60. The first-order chi connectivity index (χ1) is 12.8. The van der Waals surface area contributed by atoms with Gasteiger partial charge in [-0.25, -0.2) is 9.37 Å². The van der Waals surface area contributed by atoms with Gasteiger partial charge < -0.3 is 15.4 Å². The number of aliphatic imine (C=N–C) groups is 1. The number of hydrogen-bond donors (Lipinski definition) is 2. The molecule has 27 heavy (non-hydrogen) atoms. The van der Waals surface area contributed by atoms with Gasteiger partial charge in [0.05, 0.1) is 12.2 Å². The lowest BCUT2D eigenvalue weighted by molar-refractivity contribution is -0.138. The van der Waals surface area contributed by atoms with Crippen LogP contribution in [0.2, 0.25) is 0 Å². The summed E-state index contributed by atoms with van der Waals surface area (Å²) in [5.41, 5.74) is -0.218. The molecule has 2 aromatic rings. The van der Waals surface area contributed by atoms with E-state index in [2.05, 4.69) is 20.6 Å². The summed E-state index contributed by atoms with van der Waals surface area (Å²) in [6.07, 6.45) is -3.03. The number of guanidine groups is 1. The molecule has 0 aliphatic rings. The van der Waals surface area contributed by atoms with Gasteiger partial charge in [-0.05, 0) is 36.2 Å². The van der Waals surface area contributed by atoms with Crippen molar-refractivity contribution in [1.82, 2.24) is 15.6 Å². The number of hydrogen-bond acceptors (Lipinski definition) is 3. The molecule has 1 aromatic carbocycles. The van der Waals surface area contributed by atoms with E-state index in [0.29, 0.717) is 31.1 Å². The lowest BCUT2D eigenvalue weighted by atomic mass is 10.1. The van der Waals surface area contributed by atoms with E-state index in [0.717, 1.165) is 17.7 Å². The summed E-state index contributed by atoms with van der Waals surface area (Å²) in [4.78, 5) is 8.04. The van der Waals surface area contributed by atoms with Crippen molar-refractivity contribution >= 4 is 5.96 Å². The van der Waals surface area contributed by atoms with Gasteiger partial charge in [0.2, 0.25) is 5.88 Å². The van der Waals surface area contributed by atoms with Crippen LogP contribution in [-0.4, -0.2) is 24.6 Å². The first-order valence-corrected chi connectivity index (χ1v) is 8.21. The van der Waals surface area contributed by atoms with Gasteiger partial charge in [-0.1, -0.05) is 6.07 Å². The highest BCUT2D eigenvalue weighted by Crippen LogP contribution is 2.32. The molecule has 0 saturated heterocycles. The van der Waals surface area contributed by atoms with Crippen LogP contribution in [0.15, 0.2) is 41.5 Å². The number of alkyl halides is 3. The number of nitrogens with one attached hydrogen (secondary N) is 2. The third-order valence-corrected chi connectivity index (χ3v) is 3.60. The maximum Gasteiger partial charge on any atom is 0.416 e. The molecule has 0 aliphatic carbocycles. The molecule has 2 rings (SSSR count). The molecular formula is C18H20F4N4O. The molecule has 1 heterocycles. The van der Waals surface area contributed by atoms with Crippen molar-refractivity contribution in [1.29, 1.82) is 0 Å². The van der Waals surface area contributed by atoms with Gasteiger partial charge in [0.15, 0.2) is 5.96 Å². The van der Waals surface area contributed by atoms with Crippen molar-refractivity contribution in [3.05, 3.63) is 59.0 Å². The summed E-state index contributed by atoms with van der Waals surface area (Å²) in [7, 11) is 1.50. The van der Waals surface area contributed by atoms with Crippen molar-refractivity contribution in [2.45, 2.75) is 26.2 Å². The Hall–Kier alpha value is -2.84. The normalized spacial score (nSPS) is 12.0. The van der Waals surface area contributed by atoms with Crippen LogP contribution in [0.1, 0.15) is 23.6 Å². The minimum absolute atomic E-state index is 0.0746.